The first-order valence-corrected chi connectivity index (χ1v) is 10.3. The van der Waals surface area contributed by atoms with E-state index in [1.807, 2.05) is 13.8 Å². The summed E-state index contributed by atoms with van der Waals surface area (Å²) in [5.41, 5.74) is 0.374. The Bertz CT molecular complexity index is 648. The van der Waals surface area contributed by atoms with Crippen molar-refractivity contribution in [3.8, 4) is 0 Å². The van der Waals surface area contributed by atoms with Crippen molar-refractivity contribution >= 4 is 15.9 Å². The zero-order valence-electron chi connectivity index (χ0n) is 14.5. The molecular formula is C18H28N2O3S. The minimum Gasteiger partial charge on any atom is -0.352 e. The van der Waals surface area contributed by atoms with Crippen LogP contribution in [0.25, 0.3) is 0 Å². The van der Waals surface area contributed by atoms with Crippen LogP contribution in [0.1, 0.15) is 62.7 Å². The van der Waals surface area contributed by atoms with Gasteiger partial charge in [0.1, 0.15) is 0 Å². The lowest BCUT2D eigenvalue weighted by molar-refractivity contribution is 0.0949. The topological polar surface area (TPSA) is 75.3 Å². The maximum absolute atomic E-state index is 12.6. The molecule has 1 aliphatic carbocycles. The molecule has 0 radical (unpaired) electrons. The van der Waals surface area contributed by atoms with Crippen LogP contribution in [0.3, 0.4) is 0 Å². The second kappa shape index (κ2) is 8.62. The summed E-state index contributed by atoms with van der Waals surface area (Å²) in [6, 6.07) is 6.25. The molecule has 1 aliphatic rings. The minimum atomic E-state index is -3.59. The van der Waals surface area contributed by atoms with Crippen LogP contribution in [-0.2, 0) is 10.0 Å². The van der Waals surface area contributed by atoms with Gasteiger partial charge in [-0.05, 0) is 37.0 Å². The smallest absolute Gasteiger partial charge is 0.251 e. The fraction of sp³-hybridized carbons (Fsp3) is 0.611. The van der Waals surface area contributed by atoms with Crippen molar-refractivity contribution in [2.24, 2.45) is 5.92 Å². The predicted molar refractivity (Wildman–Crippen MR) is 95.4 cm³/mol. The fourth-order valence-corrected chi connectivity index (χ4v) is 4.24. The van der Waals surface area contributed by atoms with E-state index in [4.69, 9.17) is 0 Å². The molecule has 0 unspecified atom stereocenters. The lowest BCUT2D eigenvalue weighted by Crippen LogP contribution is -2.34. The van der Waals surface area contributed by atoms with E-state index in [1.165, 1.54) is 25.0 Å². The van der Waals surface area contributed by atoms with E-state index in [0.29, 0.717) is 18.0 Å². The van der Waals surface area contributed by atoms with Gasteiger partial charge in [0.15, 0.2) is 0 Å². The maximum atomic E-state index is 12.6. The summed E-state index contributed by atoms with van der Waals surface area (Å²) in [6.07, 6.45) is 6.23. The number of benzene rings is 1. The SMILES string of the molecule is CC(C)CNC(=O)c1cccc(S(=O)(=O)NC2CCCCCC2)c1. The zero-order valence-corrected chi connectivity index (χ0v) is 15.4. The van der Waals surface area contributed by atoms with E-state index in [2.05, 4.69) is 10.0 Å². The van der Waals surface area contributed by atoms with Gasteiger partial charge in [0.25, 0.3) is 5.91 Å². The number of hydrogen-bond donors (Lipinski definition) is 2. The first kappa shape index (κ1) is 18.9. The van der Waals surface area contributed by atoms with Gasteiger partial charge < -0.3 is 5.32 Å². The third-order valence-electron chi connectivity index (χ3n) is 4.25. The Morgan fingerprint density at radius 2 is 1.83 bits per heavy atom. The Kier molecular flexibility index (Phi) is 6.80. The second-order valence-electron chi connectivity index (χ2n) is 6.94. The normalized spacial score (nSPS) is 16.8. The van der Waals surface area contributed by atoms with E-state index in [-0.39, 0.29) is 16.8 Å². The van der Waals surface area contributed by atoms with Gasteiger partial charge in [0, 0.05) is 18.2 Å². The molecule has 1 fully saturated rings. The summed E-state index contributed by atoms with van der Waals surface area (Å²) in [5, 5.41) is 2.81. The molecule has 2 N–H and O–H groups in total. The lowest BCUT2D eigenvalue weighted by atomic mass is 10.1. The van der Waals surface area contributed by atoms with Crippen molar-refractivity contribution < 1.29 is 13.2 Å². The Morgan fingerprint density at radius 1 is 1.17 bits per heavy atom. The van der Waals surface area contributed by atoms with Crippen LogP contribution >= 0.6 is 0 Å². The molecule has 0 heterocycles. The first-order valence-electron chi connectivity index (χ1n) is 8.79. The number of rotatable bonds is 6. The molecule has 0 aromatic heterocycles. The van der Waals surface area contributed by atoms with Crippen LogP contribution in [0.15, 0.2) is 29.2 Å². The van der Waals surface area contributed by atoms with Crippen LogP contribution < -0.4 is 10.0 Å². The Morgan fingerprint density at radius 3 is 2.46 bits per heavy atom. The van der Waals surface area contributed by atoms with Crippen molar-refractivity contribution in [3.05, 3.63) is 29.8 Å². The van der Waals surface area contributed by atoms with Crippen LogP contribution in [0, 0.1) is 5.92 Å². The van der Waals surface area contributed by atoms with Crippen LogP contribution in [0.4, 0.5) is 0 Å². The molecule has 1 aromatic rings. The molecule has 1 saturated carbocycles. The molecule has 5 nitrogen and oxygen atoms in total. The van der Waals surface area contributed by atoms with Crippen molar-refractivity contribution in [3.63, 3.8) is 0 Å². The molecule has 0 bridgehead atoms. The van der Waals surface area contributed by atoms with Crippen LogP contribution in [0.2, 0.25) is 0 Å². The number of carbonyl (C=O) groups is 1. The quantitative estimate of drug-likeness (QED) is 0.773. The van der Waals surface area contributed by atoms with Crippen LogP contribution in [-0.4, -0.2) is 26.9 Å². The Balaban J connectivity index is 2.09. The predicted octanol–water partition coefficient (Wildman–Crippen LogP) is 3.07. The van der Waals surface area contributed by atoms with E-state index in [1.54, 1.807) is 12.1 Å². The molecular weight excluding hydrogens is 324 g/mol. The highest BCUT2D eigenvalue weighted by molar-refractivity contribution is 7.89. The molecule has 1 amide bonds. The summed E-state index contributed by atoms with van der Waals surface area (Å²) in [6.45, 7) is 4.59. The highest BCUT2D eigenvalue weighted by atomic mass is 32.2. The van der Waals surface area contributed by atoms with E-state index >= 15 is 0 Å². The second-order valence-corrected chi connectivity index (χ2v) is 8.66. The lowest BCUT2D eigenvalue weighted by Gasteiger charge is -2.16. The molecule has 6 heteroatoms. The summed E-state index contributed by atoms with van der Waals surface area (Å²) in [5.74, 6) is 0.105. The summed E-state index contributed by atoms with van der Waals surface area (Å²) < 4.78 is 28.0. The molecule has 0 aliphatic heterocycles. The third-order valence-corrected chi connectivity index (χ3v) is 5.77. The maximum Gasteiger partial charge on any atom is 0.251 e. The summed E-state index contributed by atoms with van der Waals surface area (Å²) in [4.78, 5) is 12.3. The standard InChI is InChI=1S/C18H28N2O3S/c1-14(2)13-19-18(21)15-8-7-11-17(12-15)24(22,23)20-16-9-5-3-4-6-10-16/h7-8,11-12,14,16,20H,3-6,9-10,13H2,1-2H3,(H,19,21). The number of amides is 1. The third kappa shape index (κ3) is 5.60. The van der Waals surface area contributed by atoms with Gasteiger partial charge in [-0.25, -0.2) is 13.1 Å². The molecule has 2 rings (SSSR count). The molecule has 0 saturated heterocycles. The first-order chi connectivity index (χ1) is 11.4. The van der Waals surface area contributed by atoms with Gasteiger partial charge in [0.2, 0.25) is 10.0 Å². The molecule has 134 valence electrons. The fourth-order valence-electron chi connectivity index (χ4n) is 2.89. The number of carbonyl (C=O) groups excluding carboxylic acids is 1. The van der Waals surface area contributed by atoms with Crippen molar-refractivity contribution in [2.75, 3.05) is 6.54 Å². The number of sulfonamides is 1. The largest absolute Gasteiger partial charge is 0.352 e. The van der Waals surface area contributed by atoms with Gasteiger partial charge in [-0.1, -0.05) is 45.6 Å². The minimum absolute atomic E-state index is 0.00377. The van der Waals surface area contributed by atoms with E-state index < -0.39 is 10.0 Å². The van der Waals surface area contributed by atoms with Gasteiger partial charge in [-0.3, -0.25) is 4.79 Å². The van der Waals surface area contributed by atoms with Gasteiger partial charge >= 0.3 is 0 Å². The average Bonchev–Trinajstić information content (AvgIpc) is 2.81. The number of hydrogen-bond acceptors (Lipinski definition) is 3. The highest BCUT2D eigenvalue weighted by Crippen LogP contribution is 2.20. The van der Waals surface area contributed by atoms with Crippen LogP contribution in [0.5, 0.6) is 0 Å². The average molecular weight is 353 g/mol. The monoisotopic (exact) mass is 352 g/mol. The molecule has 24 heavy (non-hydrogen) atoms. The van der Waals surface area contributed by atoms with E-state index in [9.17, 15) is 13.2 Å². The van der Waals surface area contributed by atoms with E-state index in [0.717, 1.165) is 25.7 Å². The van der Waals surface area contributed by atoms with Gasteiger partial charge in [-0.15, -0.1) is 0 Å². The Labute approximate surface area is 145 Å². The zero-order chi connectivity index (χ0) is 17.6. The van der Waals surface area contributed by atoms with Crippen molar-refractivity contribution in [1.82, 2.24) is 10.0 Å². The highest BCUT2D eigenvalue weighted by Gasteiger charge is 2.22. The summed E-state index contributed by atoms with van der Waals surface area (Å²) >= 11 is 0. The van der Waals surface area contributed by atoms with Crippen molar-refractivity contribution in [1.29, 1.82) is 0 Å². The number of nitrogens with one attached hydrogen (secondary N) is 2. The molecule has 0 spiro atoms. The molecule has 1 aromatic carbocycles. The summed E-state index contributed by atoms with van der Waals surface area (Å²) in [7, 11) is -3.59. The van der Waals surface area contributed by atoms with Gasteiger partial charge in [-0.2, -0.15) is 0 Å². The van der Waals surface area contributed by atoms with Crippen molar-refractivity contribution in [2.45, 2.75) is 63.3 Å². The van der Waals surface area contributed by atoms with Gasteiger partial charge in [0.05, 0.1) is 4.90 Å². The molecule has 0 atom stereocenters. The Hall–Kier alpha value is -1.40.